The van der Waals surface area contributed by atoms with E-state index in [1.165, 1.54) is 0 Å². The van der Waals surface area contributed by atoms with Crippen LogP contribution < -0.4 is 10.6 Å². The zero-order chi connectivity index (χ0) is 13.9. The van der Waals surface area contributed by atoms with E-state index in [-0.39, 0.29) is 5.41 Å². The van der Waals surface area contributed by atoms with Gasteiger partial charge < -0.3 is 15.5 Å². The average molecular weight is 251 g/mol. The number of nitrogen functional groups attached to an aromatic ring is 1. The van der Waals surface area contributed by atoms with Crippen molar-refractivity contribution in [2.45, 2.75) is 26.2 Å². The molecule has 1 aromatic rings. The minimum absolute atomic E-state index is 0.0908. The highest BCUT2D eigenvalue weighted by Crippen LogP contribution is 2.22. The van der Waals surface area contributed by atoms with E-state index < -0.39 is 0 Å². The molecule has 0 aliphatic heterocycles. The molecule has 0 aliphatic rings. The second kappa shape index (κ2) is 5.52. The summed E-state index contributed by atoms with van der Waals surface area (Å²) in [4.78, 5) is 13.2. The molecule has 0 aliphatic carbocycles. The number of hydrogen-bond donors (Lipinski definition) is 1. The van der Waals surface area contributed by atoms with Crippen molar-refractivity contribution in [3.05, 3.63) is 11.9 Å². The van der Waals surface area contributed by atoms with Gasteiger partial charge in [0.1, 0.15) is 17.5 Å². The van der Waals surface area contributed by atoms with E-state index in [4.69, 9.17) is 5.73 Å². The third-order valence-corrected chi connectivity index (χ3v) is 2.68. The van der Waals surface area contributed by atoms with Crippen LogP contribution in [0.15, 0.2) is 6.07 Å². The molecule has 0 atom stereocenters. The molecular weight excluding hydrogens is 226 g/mol. The molecule has 0 unspecified atom stereocenters. The van der Waals surface area contributed by atoms with Crippen LogP contribution in [0.2, 0.25) is 0 Å². The fourth-order valence-corrected chi connectivity index (χ4v) is 1.45. The summed E-state index contributed by atoms with van der Waals surface area (Å²) in [5.74, 6) is 2.20. The number of nitrogens with zero attached hydrogens (tertiary/aromatic N) is 4. The summed E-state index contributed by atoms with van der Waals surface area (Å²) in [5, 5.41) is 0. The smallest absolute Gasteiger partial charge is 0.138 e. The van der Waals surface area contributed by atoms with Crippen LogP contribution in [0.25, 0.3) is 0 Å². The highest BCUT2D eigenvalue weighted by molar-refractivity contribution is 5.47. The lowest BCUT2D eigenvalue weighted by atomic mass is 9.96. The van der Waals surface area contributed by atoms with Crippen LogP contribution in [0.1, 0.15) is 26.6 Å². The van der Waals surface area contributed by atoms with Gasteiger partial charge in [0.25, 0.3) is 0 Å². The van der Waals surface area contributed by atoms with Gasteiger partial charge in [0, 0.05) is 31.6 Å². The first kappa shape index (κ1) is 14.7. The maximum atomic E-state index is 5.86. The van der Waals surface area contributed by atoms with Crippen molar-refractivity contribution in [2.24, 2.45) is 0 Å². The number of hydrogen-bond acceptors (Lipinski definition) is 5. The van der Waals surface area contributed by atoms with Gasteiger partial charge in [-0.1, -0.05) is 20.8 Å². The summed E-state index contributed by atoms with van der Waals surface area (Å²) in [7, 11) is 6.14. The van der Waals surface area contributed by atoms with Gasteiger partial charge in [0.2, 0.25) is 0 Å². The van der Waals surface area contributed by atoms with E-state index in [1.807, 2.05) is 13.1 Å². The number of anilines is 2. The third kappa shape index (κ3) is 4.14. The van der Waals surface area contributed by atoms with Gasteiger partial charge in [-0.05, 0) is 14.1 Å². The fourth-order valence-electron chi connectivity index (χ4n) is 1.45. The molecule has 0 saturated heterocycles. The minimum Gasteiger partial charge on any atom is -0.384 e. The number of rotatable bonds is 4. The van der Waals surface area contributed by atoms with E-state index in [9.17, 15) is 0 Å². The van der Waals surface area contributed by atoms with Gasteiger partial charge in [-0.25, -0.2) is 9.97 Å². The van der Waals surface area contributed by atoms with Crippen LogP contribution >= 0.6 is 0 Å². The van der Waals surface area contributed by atoms with Gasteiger partial charge in [0.15, 0.2) is 0 Å². The maximum absolute atomic E-state index is 5.86. The second-order valence-corrected chi connectivity index (χ2v) is 5.95. The molecule has 0 saturated carbocycles. The molecular formula is C13H25N5. The quantitative estimate of drug-likeness (QED) is 0.875. The summed E-state index contributed by atoms with van der Waals surface area (Å²) >= 11 is 0. The molecule has 0 bridgehead atoms. The minimum atomic E-state index is -0.0908. The highest BCUT2D eigenvalue weighted by Gasteiger charge is 2.19. The summed E-state index contributed by atoms with van der Waals surface area (Å²) in [6.07, 6.45) is 0. The van der Waals surface area contributed by atoms with Gasteiger partial charge in [-0.2, -0.15) is 0 Å². The monoisotopic (exact) mass is 251 g/mol. The lowest BCUT2D eigenvalue weighted by molar-refractivity contribution is 0.416. The lowest BCUT2D eigenvalue weighted by Gasteiger charge is -2.23. The third-order valence-electron chi connectivity index (χ3n) is 2.68. The summed E-state index contributed by atoms with van der Waals surface area (Å²) < 4.78 is 0. The Labute approximate surface area is 110 Å². The molecule has 1 rings (SSSR count). The molecule has 0 radical (unpaired) electrons. The van der Waals surface area contributed by atoms with Crippen molar-refractivity contribution in [1.82, 2.24) is 14.9 Å². The molecule has 0 amide bonds. The van der Waals surface area contributed by atoms with Crippen molar-refractivity contribution < 1.29 is 0 Å². The van der Waals surface area contributed by atoms with Crippen molar-refractivity contribution in [1.29, 1.82) is 0 Å². The first-order chi connectivity index (χ1) is 8.20. The van der Waals surface area contributed by atoms with E-state index in [2.05, 4.69) is 54.6 Å². The van der Waals surface area contributed by atoms with Crippen LogP contribution in [0.5, 0.6) is 0 Å². The predicted octanol–water partition coefficient (Wildman–Crippen LogP) is 1.35. The molecule has 18 heavy (non-hydrogen) atoms. The summed E-state index contributed by atoms with van der Waals surface area (Å²) in [6, 6.07) is 1.82. The first-order valence-electron chi connectivity index (χ1n) is 6.21. The van der Waals surface area contributed by atoms with Gasteiger partial charge in [-0.15, -0.1) is 0 Å². The molecule has 1 aromatic heterocycles. The highest BCUT2D eigenvalue weighted by atomic mass is 15.2. The molecule has 1 heterocycles. The van der Waals surface area contributed by atoms with Crippen LogP contribution in [-0.4, -0.2) is 49.1 Å². The van der Waals surface area contributed by atoms with Gasteiger partial charge in [-0.3, -0.25) is 0 Å². The predicted molar refractivity (Wildman–Crippen MR) is 77.0 cm³/mol. The molecule has 0 fully saturated rings. The SMILES string of the molecule is CN(C)CCN(C)c1cc(N)nc(C(C)(C)C)n1. The lowest BCUT2D eigenvalue weighted by Crippen LogP contribution is -2.30. The van der Waals surface area contributed by atoms with Crippen LogP contribution in [0.4, 0.5) is 11.6 Å². The second-order valence-electron chi connectivity index (χ2n) is 5.95. The van der Waals surface area contributed by atoms with Crippen molar-refractivity contribution in [3.8, 4) is 0 Å². The van der Waals surface area contributed by atoms with Crippen LogP contribution in [-0.2, 0) is 5.41 Å². The van der Waals surface area contributed by atoms with E-state index in [1.54, 1.807) is 0 Å². The molecule has 2 N–H and O–H groups in total. The Morgan fingerprint density at radius 3 is 2.22 bits per heavy atom. The maximum Gasteiger partial charge on any atom is 0.138 e. The van der Waals surface area contributed by atoms with Crippen molar-refractivity contribution in [3.63, 3.8) is 0 Å². The Hall–Kier alpha value is -1.36. The molecule has 0 spiro atoms. The van der Waals surface area contributed by atoms with Crippen LogP contribution in [0.3, 0.4) is 0 Å². The zero-order valence-electron chi connectivity index (χ0n) is 12.4. The standard InChI is InChI=1S/C13H25N5/c1-13(2,3)12-15-10(14)9-11(16-12)18(6)8-7-17(4)5/h9H,7-8H2,1-6H3,(H2,14,15,16). The summed E-state index contributed by atoms with van der Waals surface area (Å²) in [5.41, 5.74) is 5.77. The van der Waals surface area contributed by atoms with E-state index in [0.717, 1.165) is 24.7 Å². The number of nitrogens with two attached hydrogens (primary N) is 1. The molecule has 5 nitrogen and oxygen atoms in total. The Bertz CT molecular complexity index is 395. The molecule has 5 heteroatoms. The Balaban J connectivity index is 2.92. The largest absolute Gasteiger partial charge is 0.384 e. The van der Waals surface area contributed by atoms with Gasteiger partial charge >= 0.3 is 0 Å². The van der Waals surface area contributed by atoms with E-state index >= 15 is 0 Å². The molecule has 0 aromatic carbocycles. The molecule has 102 valence electrons. The van der Waals surface area contributed by atoms with Crippen molar-refractivity contribution >= 4 is 11.6 Å². The topological polar surface area (TPSA) is 58.3 Å². The fraction of sp³-hybridized carbons (Fsp3) is 0.692. The zero-order valence-corrected chi connectivity index (χ0v) is 12.4. The Kier molecular flexibility index (Phi) is 4.51. The Morgan fingerprint density at radius 2 is 1.72 bits per heavy atom. The first-order valence-corrected chi connectivity index (χ1v) is 6.21. The van der Waals surface area contributed by atoms with Crippen LogP contribution in [0, 0.1) is 0 Å². The van der Waals surface area contributed by atoms with E-state index in [0.29, 0.717) is 5.82 Å². The normalized spacial score (nSPS) is 11.9. The number of likely N-dealkylation sites (N-methyl/N-ethyl adjacent to an activating group) is 2. The number of aromatic nitrogens is 2. The summed E-state index contributed by atoms with van der Waals surface area (Å²) in [6.45, 7) is 8.15. The van der Waals surface area contributed by atoms with Gasteiger partial charge in [0.05, 0.1) is 0 Å². The van der Waals surface area contributed by atoms with Crippen molar-refractivity contribution in [2.75, 3.05) is 44.9 Å². The Morgan fingerprint density at radius 1 is 1.11 bits per heavy atom. The average Bonchev–Trinajstić information content (AvgIpc) is 2.23.